The molecule has 1 aliphatic rings. The zero-order valence-corrected chi connectivity index (χ0v) is 10.2. The van der Waals surface area contributed by atoms with Gasteiger partial charge in [0.15, 0.2) is 0 Å². The minimum Gasteiger partial charge on any atom is -0.450 e. The van der Waals surface area contributed by atoms with E-state index in [-0.39, 0.29) is 12.1 Å². The van der Waals surface area contributed by atoms with Crippen molar-refractivity contribution in [2.45, 2.75) is 65.0 Å². The zero-order valence-electron chi connectivity index (χ0n) is 10.2. The first kappa shape index (κ1) is 12.3. The van der Waals surface area contributed by atoms with Gasteiger partial charge < -0.3 is 9.64 Å². The van der Waals surface area contributed by atoms with E-state index in [0.29, 0.717) is 12.6 Å². The molecule has 1 saturated carbocycles. The Labute approximate surface area is 92.8 Å². The Morgan fingerprint density at radius 3 is 2.40 bits per heavy atom. The maximum atomic E-state index is 11.8. The fourth-order valence-electron chi connectivity index (χ4n) is 2.34. The largest absolute Gasteiger partial charge is 0.450 e. The predicted octanol–water partition coefficient (Wildman–Crippen LogP) is 3.19. The second-order valence-corrected chi connectivity index (χ2v) is 4.49. The van der Waals surface area contributed by atoms with Crippen LogP contribution in [0.25, 0.3) is 0 Å². The molecule has 0 aromatic carbocycles. The number of nitrogens with zero attached hydrogens (tertiary/aromatic N) is 1. The molecule has 0 atom stereocenters. The van der Waals surface area contributed by atoms with Gasteiger partial charge in [-0.2, -0.15) is 0 Å². The Morgan fingerprint density at radius 1 is 1.33 bits per heavy atom. The summed E-state index contributed by atoms with van der Waals surface area (Å²) in [6.45, 7) is 6.45. The van der Waals surface area contributed by atoms with Gasteiger partial charge >= 0.3 is 6.09 Å². The van der Waals surface area contributed by atoms with Gasteiger partial charge in [-0.1, -0.05) is 19.3 Å². The van der Waals surface area contributed by atoms with Crippen molar-refractivity contribution in [3.63, 3.8) is 0 Å². The lowest BCUT2D eigenvalue weighted by Gasteiger charge is -2.36. The fourth-order valence-corrected chi connectivity index (χ4v) is 2.34. The van der Waals surface area contributed by atoms with Crippen LogP contribution in [0.2, 0.25) is 0 Å². The molecule has 0 spiro atoms. The van der Waals surface area contributed by atoms with Crippen LogP contribution >= 0.6 is 0 Å². The molecule has 3 nitrogen and oxygen atoms in total. The molecule has 0 aliphatic heterocycles. The van der Waals surface area contributed by atoms with Crippen LogP contribution in [0.5, 0.6) is 0 Å². The molecule has 0 N–H and O–H groups in total. The summed E-state index contributed by atoms with van der Waals surface area (Å²) in [6, 6.07) is 0.643. The minimum absolute atomic E-state index is 0.139. The van der Waals surface area contributed by atoms with Gasteiger partial charge in [-0.05, 0) is 33.6 Å². The Kier molecular flexibility index (Phi) is 4.92. The smallest absolute Gasteiger partial charge is 0.410 e. The van der Waals surface area contributed by atoms with Crippen molar-refractivity contribution in [3.05, 3.63) is 0 Å². The molecule has 0 aromatic heterocycles. The van der Waals surface area contributed by atoms with E-state index in [1.807, 2.05) is 11.8 Å². The lowest BCUT2D eigenvalue weighted by Crippen LogP contribution is -2.46. The molecule has 15 heavy (non-hydrogen) atoms. The van der Waals surface area contributed by atoms with E-state index in [1.165, 1.54) is 19.3 Å². The standard InChI is InChI=1S/C12H23NO2/c1-4-15-12(14)13(10(2)3)11-8-6-5-7-9-11/h10-11H,4-9H2,1-3H3. The monoisotopic (exact) mass is 213 g/mol. The predicted molar refractivity (Wildman–Crippen MR) is 60.9 cm³/mol. The van der Waals surface area contributed by atoms with Crippen LogP contribution in [0.1, 0.15) is 52.9 Å². The summed E-state index contributed by atoms with van der Waals surface area (Å²) in [6.07, 6.45) is 5.93. The van der Waals surface area contributed by atoms with Gasteiger partial charge in [0.2, 0.25) is 0 Å². The van der Waals surface area contributed by atoms with Gasteiger partial charge in [0, 0.05) is 12.1 Å². The van der Waals surface area contributed by atoms with Gasteiger partial charge in [-0.3, -0.25) is 0 Å². The molecular weight excluding hydrogens is 190 g/mol. The van der Waals surface area contributed by atoms with E-state index in [1.54, 1.807) is 0 Å². The first-order chi connectivity index (χ1) is 7.16. The molecule has 0 unspecified atom stereocenters. The van der Waals surface area contributed by atoms with Crippen molar-refractivity contribution >= 4 is 6.09 Å². The lowest BCUT2D eigenvalue weighted by molar-refractivity contribution is 0.0662. The normalized spacial score (nSPS) is 17.9. The first-order valence-electron chi connectivity index (χ1n) is 6.12. The summed E-state index contributed by atoms with van der Waals surface area (Å²) >= 11 is 0. The van der Waals surface area contributed by atoms with Crippen molar-refractivity contribution in [1.82, 2.24) is 4.90 Å². The summed E-state index contributed by atoms with van der Waals surface area (Å²) in [4.78, 5) is 13.7. The molecule has 1 rings (SSSR count). The van der Waals surface area contributed by atoms with Crippen LogP contribution in [-0.2, 0) is 4.74 Å². The van der Waals surface area contributed by atoms with Crippen LogP contribution in [0.15, 0.2) is 0 Å². The quantitative estimate of drug-likeness (QED) is 0.720. The lowest BCUT2D eigenvalue weighted by atomic mass is 9.94. The van der Waals surface area contributed by atoms with Gasteiger partial charge in [-0.15, -0.1) is 0 Å². The highest BCUT2D eigenvalue weighted by molar-refractivity contribution is 5.68. The van der Waals surface area contributed by atoms with Gasteiger partial charge in [-0.25, -0.2) is 4.79 Å². The number of hydrogen-bond donors (Lipinski definition) is 0. The Morgan fingerprint density at radius 2 is 1.93 bits per heavy atom. The van der Waals surface area contributed by atoms with Crippen molar-refractivity contribution < 1.29 is 9.53 Å². The Hall–Kier alpha value is -0.730. The van der Waals surface area contributed by atoms with Crippen LogP contribution < -0.4 is 0 Å². The maximum absolute atomic E-state index is 11.8. The summed E-state index contributed by atoms with van der Waals surface area (Å²) in [5, 5.41) is 0. The third-order valence-electron chi connectivity index (χ3n) is 3.00. The van der Waals surface area contributed by atoms with E-state index >= 15 is 0 Å². The van der Waals surface area contributed by atoms with Crippen LogP contribution in [0, 0.1) is 0 Å². The molecule has 1 amide bonds. The summed E-state index contributed by atoms with van der Waals surface area (Å²) < 4.78 is 5.11. The van der Waals surface area contributed by atoms with Crippen molar-refractivity contribution in [1.29, 1.82) is 0 Å². The van der Waals surface area contributed by atoms with Crippen molar-refractivity contribution in [2.24, 2.45) is 0 Å². The highest BCUT2D eigenvalue weighted by Crippen LogP contribution is 2.24. The Balaban J connectivity index is 2.59. The number of ether oxygens (including phenoxy) is 1. The van der Waals surface area contributed by atoms with Crippen molar-refractivity contribution in [2.75, 3.05) is 6.61 Å². The first-order valence-corrected chi connectivity index (χ1v) is 6.12. The Bertz CT molecular complexity index is 198. The van der Waals surface area contributed by atoms with Crippen molar-refractivity contribution in [3.8, 4) is 0 Å². The van der Waals surface area contributed by atoms with E-state index in [0.717, 1.165) is 12.8 Å². The van der Waals surface area contributed by atoms with Gasteiger partial charge in [0.1, 0.15) is 0 Å². The summed E-state index contributed by atoms with van der Waals surface area (Å²) in [7, 11) is 0. The molecule has 0 bridgehead atoms. The van der Waals surface area contributed by atoms with Crippen LogP contribution in [0.4, 0.5) is 4.79 Å². The van der Waals surface area contributed by atoms with E-state index in [4.69, 9.17) is 4.74 Å². The summed E-state index contributed by atoms with van der Waals surface area (Å²) in [5.74, 6) is 0. The third-order valence-corrected chi connectivity index (χ3v) is 3.00. The molecule has 1 fully saturated rings. The molecule has 0 saturated heterocycles. The fraction of sp³-hybridized carbons (Fsp3) is 0.917. The number of rotatable bonds is 3. The number of carbonyl (C=O) groups is 1. The average molecular weight is 213 g/mol. The molecular formula is C12H23NO2. The number of amides is 1. The number of hydrogen-bond acceptors (Lipinski definition) is 2. The average Bonchev–Trinajstić information content (AvgIpc) is 2.19. The van der Waals surface area contributed by atoms with E-state index < -0.39 is 0 Å². The number of carbonyl (C=O) groups excluding carboxylic acids is 1. The minimum atomic E-state index is -0.139. The topological polar surface area (TPSA) is 29.5 Å². The molecule has 88 valence electrons. The molecule has 1 aliphatic carbocycles. The molecule has 3 heteroatoms. The third kappa shape index (κ3) is 3.40. The SMILES string of the molecule is CCOC(=O)N(C(C)C)C1CCCCC1. The van der Waals surface area contributed by atoms with Crippen LogP contribution in [-0.4, -0.2) is 29.7 Å². The van der Waals surface area contributed by atoms with E-state index in [9.17, 15) is 4.79 Å². The second kappa shape index (κ2) is 5.99. The summed E-state index contributed by atoms with van der Waals surface area (Å²) in [5.41, 5.74) is 0. The highest BCUT2D eigenvalue weighted by Gasteiger charge is 2.28. The highest BCUT2D eigenvalue weighted by atomic mass is 16.6. The van der Waals surface area contributed by atoms with Gasteiger partial charge in [0.05, 0.1) is 6.61 Å². The van der Waals surface area contributed by atoms with Gasteiger partial charge in [0.25, 0.3) is 0 Å². The molecule has 0 radical (unpaired) electrons. The zero-order chi connectivity index (χ0) is 11.3. The molecule has 0 heterocycles. The van der Waals surface area contributed by atoms with Crippen LogP contribution in [0.3, 0.4) is 0 Å². The second-order valence-electron chi connectivity index (χ2n) is 4.49. The van der Waals surface area contributed by atoms with E-state index in [2.05, 4.69) is 13.8 Å². The maximum Gasteiger partial charge on any atom is 0.410 e. The molecule has 0 aromatic rings.